The zero-order valence-electron chi connectivity index (χ0n) is 25.4. The molecule has 0 saturated carbocycles. The number of ether oxygens (including phenoxy) is 2. The lowest BCUT2D eigenvalue weighted by Crippen LogP contribution is -2.56. The molecule has 0 spiro atoms. The predicted molar refractivity (Wildman–Crippen MR) is 165 cm³/mol. The van der Waals surface area contributed by atoms with E-state index in [1.807, 2.05) is 30.3 Å². The fraction of sp³-hybridized carbons (Fsp3) is 0.469. The van der Waals surface area contributed by atoms with Crippen molar-refractivity contribution in [3.63, 3.8) is 0 Å². The van der Waals surface area contributed by atoms with Crippen LogP contribution >= 0.6 is 0 Å². The summed E-state index contributed by atoms with van der Waals surface area (Å²) in [7, 11) is 0. The summed E-state index contributed by atoms with van der Waals surface area (Å²) in [5, 5.41) is 25.4. The summed E-state index contributed by atoms with van der Waals surface area (Å²) in [6.07, 6.45) is -3.17. The van der Waals surface area contributed by atoms with Gasteiger partial charge in [0, 0.05) is 56.1 Å². The predicted octanol–water partition coefficient (Wildman–Crippen LogP) is 2.78. The lowest BCUT2D eigenvalue weighted by molar-refractivity contribution is -0.165. The average Bonchev–Trinajstić information content (AvgIpc) is 3.02. The highest BCUT2D eigenvalue weighted by atomic mass is 19.3. The average molecular weight is 640 g/mol. The molecule has 46 heavy (non-hydrogen) atoms. The van der Waals surface area contributed by atoms with E-state index in [0.29, 0.717) is 17.6 Å². The topological polar surface area (TPSA) is 126 Å². The van der Waals surface area contributed by atoms with Crippen LogP contribution in [0.15, 0.2) is 53.3 Å². The number of alkyl halides is 2. The van der Waals surface area contributed by atoms with Crippen LogP contribution in [0.5, 0.6) is 5.75 Å². The number of nitrogens with one attached hydrogen (secondary N) is 2. The number of halogens is 3. The molecule has 14 heteroatoms. The van der Waals surface area contributed by atoms with E-state index >= 15 is 0 Å². The number of aliphatic imine (C=N–C) groups is 1. The van der Waals surface area contributed by atoms with E-state index in [1.165, 1.54) is 25.1 Å². The van der Waals surface area contributed by atoms with Crippen molar-refractivity contribution < 1.29 is 32.5 Å². The van der Waals surface area contributed by atoms with E-state index in [2.05, 4.69) is 25.4 Å². The first-order chi connectivity index (χ1) is 22.1. The molecule has 2 atom stereocenters. The Labute approximate surface area is 264 Å². The third kappa shape index (κ3) is 6.76. The Morgan fingerprint density at radius 3 is 2.54 bits per heavy atom. The van der Waals surface area contributed by atoms with Crippen LogP contribution in [0.3, 0.4) is 0 Å². The summed E-state index contributed by atoms with van der Waals surface area (Å²) >= 11 is 0. The number of piperidine rings is 1. The molecule has 4 aliphatic rings. The van der Waals surface area contributed by atoms with E-state index in [-0.39, 0.29) is 36.5 Å². The number of amides is 1. The van der Waals surface area contributed by atoms with Crippen molar-refractivity contribution in [3.05, 3.63) is 59.4 Å². The highest BCUT2D eigenvalue weighted by Crippen LogP contribution is 2.34. The molecule has 1 amide bonds. The highest BCUT2D eigenvalue weighted by Gasteiger charge is 2.48. The number of nitriles is 1. The van der Waals surface area contributed by atoms with Gasteiger partial charge in [-0.15, -0.1) is 0 Å². The number of rotatable bonds is 7. The Kier molecular flexibility index (Phi) is 9.08. The number of piperazine rings is 1. The quantitative estimate of drug-likeness (QED) is 0.420. The number of carbonyl (C=O) groups is 1. The van der Waals surface area contributed by atoms with Gasteiger partial charge in [-0.3, -0.25) is 9.69 Å². The SMILES string of the molecule is C[C@H](O)C(=O)N1CCC(Oc2ccc(C3=C(F)CN=C(Nc4ccc(N5CCN(C6COC6)CC5)cc4)N3)cc2C#N)C(F)(F)C1. The number of guanidine groups is 1. The first kappa shape index (κ1) is 31.7. The van der Waals surface area contributed by atoms with Crippen LogP contribution in [0.2, 0.25) is 0 Å². The van der Waals surface area contributed by atoms with Gasteiger partial charge in [0.05, 0.1) is 43.6 Å². The monoisotopic (exact) mass is 639 g/mol. The number of carbonyl (C=O) groups excluding carboxylic acids is 1. The highest BCUT2D eigenvalue weighted by molar-refractivity contribution is 6.00. The fourth-order valence-corrected chi connectivity index (χ4v) is 5.97. The molecule has 4 aliphatic heterocycles. The van der Waals surface area contributed by atoms with Gasteiger partial charge in [-0.1, -0.05) is 0 Å². The van der Waals surface area contributed by atoms with Crippen molar-refractivity contribution in [2.45, 2.75) is 37.5 Å². The lowest BCUT2D eigenvalue weighted by Gasteiger charge is -2.43. The second-order valence-corrected chi connectivity index (χ2v) is 11.9. The van der Waals surface area contributed by atoms with Gasteiger partial charge < -0.3 is 35.0 Å². The van der Waals surface area contributed by atoms with Gasteiger partial charge in [0.15, 0.2) is 6.10 Å². The van der Waals surface area contributed by atoms with E-state index in [9.17, 15) is 28.3 Å². The number of nitrogens with zero attached hydrogens (tertiary/aromatic N) is 5. The van der Waals surface area contributed by atoms with Crippen molar-refractivity contribution in [3.8, 4) is 11.8 Å². The second kappa shape index (κ2) is 13.2. The Bertz CT molecular complexity index is 1550. The molecule has 0 aromatic heterocycles. The summed E-state index contributed by atoms with van der Waals surface area (Å²) in [4.78, 5) is 21.9. The van der Waals surface area contributed by atoms with Gasteiger partial charge in [-0.05, 0) is 49.4 Å². The van der Waals surface area contributed by atoms with E-state index < -0.39 is 36.4 Å². The molecular formula is C32H36F3N7O4. The smallest absolute Gasteiger partial charge is 0.301 e. The van der Waals surface area contributed by atoms with Crippen LogP contribution in [-0.4, -0.2) is 110 Å². The minimum atomic E-state index is -3.41. The number of anilines is 2. The number of aliphatic hydroxyl groups excluding tert-OH is 1. The van der Waals surface area contributed by atoms with Gasteiger partial charge in [0.1, 0.15) is 23.7 Å². The number of aliphatic hydroxyl groups is 1. The minimum Gasteiger partial charge on any atom is -0.483 e. The number of hydrogen-bond donors (Lipinski definition) is 3. The van der Waals surface area contributed by atoms with Crippen LogP contribution in [0.25, 0.3) is 5.70 Å². The standard InChI is InChI=1S/C32H36F3N7O4/c1-20(43)30(44)42-9-8-28(32(34,35)19-42)46-27-7-2-21(14-22(27)15-36)29-26(33)16-37-31(39-29)38-23-3-5-24(6-4-23)40-10-12-41(13-11-40)25-17-45-18-25/h2-7,14,20,25,28,43H,8-13,16-19H2,1H3,(H2,37,38,39)/t20-,28?/m0/s1. The molecule has 244 valence electrons. The van der Waals surface area contributed by atoms with Crippen LogP contribution in [0, 0.1) is 11.3 Å². The largest absolute Gasteiger partial charge is 0.483 e. The lowest BCUT2D eigenvalue weighted by atomic mass is 10.0. The maximum absolute atomic E-state index is 15.0. The molecular weight excluding hydrogens is 603 g/mol. The van der Waals surface area contributed by atoms with Gasteiger partial charge in [-0.25, -0.2) is 18.2 Å². The zero-order chi connectivity index (χ0) is 32.4. The normalized spacial score (nSPS) is 22.7. The van der Waals surface area contributed by atoms with Crippen molar-refractivity contribution in [1.29, 1.82) is 5.26 Å². The molecule has 2 aromatic carbocycles. The molecule has 4 heterocycles. The number of hydrogen-bond acceptors (Lipinski definition) is 10. The molecule has 3 saturated heterocycles. The Balaban J connectivity index is 1.07. The molecule has 0 bridgehead atoms. The first-order valence-corrected chi connectivity index (χ1v) is 15.3. The van der Waals surface area contributed by atoms with Gasteiger partial charge in [0.2, 0.25) is 5.96 Å². The summed E-state index contributed by atoms with van der Waals surface area (Å²) < 4.78 is 55.7. The van der Waals surface area contributed by atoms with Crippen molar-refractivity contribution in [1.82, 2.24) is 15.1 Å². The number of benzene rings is 2. The Morgan fingerprint density at radius 2 is 1.91 bits per heavy atom. The van der Waals surface area contributed by atoms with Gasteiger partial charge in [-0.2, -0.15) is 5.26 Å². The Hall–Kier alpha value is -4.32. The molecule has 2 aromatic rings. The third-order valence-corrected chi connectivity index (χ3v) is 8.70. The molecule has 11 nitrogen and oxygen atoms in total. The van der Waals surface area contributed by atoms with Crippen molar-refractivity contribution in [2.24, 2.45) is 4.99 Å². The molecule has 6 rings (SSSR count). The molecule has 3 fully saturated rings. The van der Waals surface area contributed by atoms with E-state index in [1.54, 1.807) is 0 Å². The first-order valence-electron chi connectivity index (χ1n) is 15.3. The molecule has 1 unspecified atom stereocenters. The van der Waals surface area contributed by atoms with Crippen LogP contribution in [0.4, 0.5) is 24.5 Å². The summed E-state index contributed by atoms with van der Waals surface area (Å²) in [6, 6.07) is 14.6. The van der Waals surface area contributed by atoms with Crippen LogP contribution in [0.1, 0.15) is 24.5 Å². The van der Waals surface area contributed by atoms with Gasteiger partial charge in [0.25, 0.3) is 5.91 Å². The number of likely N-dealkylation sites (tertiary alicyclic amines) is 1. The third-order valence-electron chi connectivity index (χ3n) is 8.70. The maximum Gasteiger partial charge on any atom is 0.301 e. The summed E-state index contributed by atoms with van der Waals surface area (Å²) in [5.74, 6) is -4.50. The minimum absolute atomic E-state index is 0.0304. The van der Waals surface area contributed by atoms with Crippen LogP contribution in [-0.2, 0) is 9.53 Å². The molecule has 0 aliphatic carbocycles. The van der Waals surface area contributed by atoms with E-state index in [0.717, 1.165) is 55.7 Å². The van der Waals surface area contributed by atoms with Crippen molar-refractivity contribution >= 4 is 28.9 Å². The molecule has 0 radical (unpaired) electrons. The summed E-state index contributed by atoms with van der Waals surface area (Å²) in [5.41, 5.74) is 2.24. The molecule has 3 N–H and O–H groups in total. The van der Waals surface area contributed by atoms with Crippen molar-refractivity contribution in [2.75, 3.05) is 69.2 Å². The van der Waals surface area contributed by atoms with Crippen LogP contribution < -0.4 is 20.3 Å². The summed E-state index contributed by atoms with van der Waals surface area (Å²) in [6.45, 7) is 5.55. The second-order valence-electron chi connectivity index (χ2n) is 11.9. The fourth-order valence-electron chi connectivity index (χ4n) is 5.97. The van der Waals surface area contributed by atoms with Gasteiger partial charge >= 0.3 is 5.92 Å². The van der Waals surface area contributed by atoms with E-state index in [4.69, 9.17) is 9.47 Å². The Morgan fingerprint density at radius 1 is 1.17 bits per heavy atom. The maximum atomic E-state index is 15.0. The zero-order valence-corrected chi connectivity index (χ0v) is 25.4.